The molecule has 6 aliphatic heterocycles. The minimum atomic E-state index is -0.884. The van der Waals surface area contributed by atoms with E-state index in [1.54, 1.807) is 38.6 Å². The maximum absolute atomic E-state index is 13.9. The number of hydrogen-bond donors (Lipinski definition) is 4. The summed E-state index contributed by atoms with van der Waals surface area (Å²) >= 11 is 0. The number of fused-ring (bicyclic) bond motifs is 2. The third kappa shape index (κ3) is 16.5. The van der Waals surface area contributed by atoms with Crippen molar-refractivity contribution in [3.63, 3.8) is 0 Å². The van der Waals surface area contributed by atoms with Gasteiger partial charge in [0.2, 0.25) is 19.5 Å². The van der Waals surface area contributed by atoms with Crippen molar-refractivity contribution in [1.82, 2.24) is 24.6 Å². The number of carbonyl (C=O) groups excluding carboxylic acids is 1. The van der Waals surface area contributed by atoms with Gasteiger partial charge in [-0.1, -0.05) is 67.9 Å². The van der Waals surface area contributed by atoms with E-state index < -0.39 is 29.8 Å². The molecule has 0 spiro atoms. The standard InChI is InChI=1S/C32H35N3O7.3C14H19NO3/c1-2-3-14-35(23-7-5-13-33-16-23)29(36)18-34-17-24(22-10-12-26-28(15-22)41-19-39-26)30(32(37)38)25(34)11-9-21-6-4-8-27-31(21)42-20-40-27;3*1-9-13(14(16)17)12(8-15(9)2)10-4-6-11(18-3)7-5-10/h4-8,10,12-13,15-16,24-25,30H,2-3,9,11,14,17-20H2,1H3,(H,37,38);3*4-7,9,12-13H,8H2,1-3H3,(H,16,17)/t24-,25+,30-;3*9-,12+,13-/m1000/s1. The highest BCUT2D eigenvalue weighted by atomic mass is 16.7. The van der Waals surface area contributed by atoms with E-state index in [2.05, 4.69) is 26.6 Å². The average molecular weight is 1320 g/mol. The highest BCUT2D eigenvalue weighted by Gasteiger charge is 2.49. The Morgan fingerprint density at radius 2 is 0.979 bits per heavy atom. The normalized spacial score (nSPS) is 24.9. The lowest BCUT2D eigenvalue weighted by atomic mass is 9.83. The summed E-state index contributed by atoms with van der Waals surface area (Å²) in [6, 6.07) is 38.0. The molecule has 4 saturated heterocycles. The number of aromatic nitrogens is 1. The fraction of sp³-hybridized carbons (Fsp3) is 0.459. The SMILES string of the molecule is CCCCN(C(=O)CN1C[C@H](c2ccc3c(c2)OCO3)[C@@H](C(=O)O)[C@@H]1CCc1cccc2c1OCO2)c1cccnc1.COc1ccc([C@H]2CN(C)[C@@H](C)[C@@H]2C(=O)O)cc1.COc1ccc([C@H]2CN(C)[C@@H](C)[C@@H]2C(=O)O)cc1.COc1ccc([C@H]2CN(C)[C@@H](C)[C@@H]2C(=O)O)cc1. The zero-order valence-corrected chi connectivity index (χ0v) is 56.5. The van der Waals surface area contributed by atoms with Crippen LogP contribution in [0.4, 0.5) is 5.69 Å². The fourth-order valence-electron chi connectivity index (χ4n) is 14.5. The molecule has 12 rings (SSSR count). The molecule has 22 nitrogen and oxygen atoms in total. The molecule has 4 N–H and O–H groups in total. The summed E-state index contributed by atoms with van der Waals surface area (Å²) in [6.45, 7) is 11.8. The second-order valence-electron chi connectivity index (χ2n) is 25.7. The molecule has 7 heterocycles. The highest BCUT2D eigenvalue weighted by molar-refractivity contribution is 5.94. The van der Waals surface area contributed by atoms with Crippen LogP contribution < -0.4 is 38.1 Å². The van der Waals surface area contributed by atoms with Crippen molar-refractivity contribution in [1.29, 1.82) is 0 Å². The number of nitrogens with zero attached hydrogens (tertiary/aromatic N) is 6. The number of rotatable bonds is 20. The van der Waals surface area contributed by atoms with Gasteiger partial charge in [0.15, 0.2) is 23.0 Å². The van der Waals surface area contributed by atoms with E-state index >= 15 is 0 Å². The summed E-state index contributed by atoms with van der Waals surface area (Å²) < 4.78 is 37.7. The number of aliphatic carboxylic acids is 4. The maximum atomic E-state index is 13.9. The van der Waals surface area contributed by atoms with Gasteiger partial charge < -0.3 is 73.2 Å². The van der Waals surface area contributed by atoms with Crippen molar-refractivity contribution in [2.45, 2.75) is 101 Å². The molecular weight excluding hydrogens is 1230 g/mol. The lowest BCUT2D eigenvalue weighted by Crippen LogP contribution is -2.44. The number of likely N-dealkylation sites (tertiary alicyclic amines) is 4. The lowest BCUT2D eigenvalue weighted by Gasteiger charge is -2.29. The van der Waals surface area contributed by atoms with Crippen LogP contribution in [0.5, 0.6) is 40.2 Å². The van der Waals surface area contributed by atoms with E-state index in [1.165, 1.54) is 0 Å². The molecule has 1 amide bonds. The first kappa shape index (κ1) is 71.3. The van der Waals surface area contributed by atoms with Gasteiger partial charge in [-0.2, -0.15) is 0 Å². The van der Waals surface area contributed by atoms with Crippen LogP contribution in [0.3, 0.4) is 0 Å². The Balaban J connectivity index is 0.000000167. The molecule has 0 aliphatic carbocycles. The third-order valence-electron chi connectivity index (χ3n) is 20.3. The first-order chi connectivity index (χ1) is 46.2. The van der Waals surface area contributed by atoms with Crippen LogP contribution in [0, 0.1) is 23.7 Å². The van der Waals surface area contributed by atoms with Crippen LogP contribution in [0.25, 0.3) is 0 Å². The first-order valence-electron chi connectivity index (χ1n) is 32.8. The van der Waals surface area contributed by atoms with E-state index in [4.69, 9.17) is 33.2 Å². The molecule has 1 aromatic heterocycles. The van der Waals surface area contributed by atoms with Crippen LogP contribution in [-0.4, -0.2) is 194 Å². The molecule has 0 radical (unpaired) electrons. The number of carbonyl (C=O) groups is 5. The number of ether oxygens (including phenoxy) is 7. The second kappa shape index (κ2) is 32.7. The third-order valence-corrected chi connectivity index (χ3v) is 20.3. The number of benzene rings is 5. The van der Waals surface area contributed by atoms with Gasteiger partial charge in [-0.05, 0) is 156 Å². The fourth-order valence-corrected chi connectivity index (χ4v) is 14.5. The molecule has 5 aromatic carbocycles. The van der Waals surface area contributed by atoms with Gasteiger partial charge in [0.1, 0.15) is 17.2 Å². The van der Waals surface area contributed by atoms with Gasteiger partial charge in [0.05, 0.1) is 63.4 Å². The van der Waals surface area contributed by atoms with Gasteiger partial charge in [0.25, 0.3) is 0 Å². The molecular formula is C74H92N6O16. The number of amides is 1. The Morgan fingerprint density at radius 3 is 1.43 bits per heavy atom. The van der Waals surface area contributed by atoms with Crippen molar-refractivity contribution in [2.24, 2.45) is 23.7 Å². The Kier molecular flexibility index (Phi) is 24.3. The summed E-state index contributed by atoms with van der Waals surface area (Å²) in [7, 11) is 10.8. The zero-order chi connectivity index (χ0) is 68.9. The van der Waals surface area contributed by atoms with Gasteiger partial charge in [-0.15, -0.1) is 0 Å². The van der Waals surface area contributed by atoms with Crippen LogP contribution >= 0.6 is 0 Å². The molecule has 6 aromatic rings. The molecule has 6 aliphatic rings. The van der Waals surface area contributed by atoms with E-state index in [1.807, 2.05) is 168 Å². The smallest absolute Gasteiger partial charge is 0.308 e. The summed E-state index contributed by atoms with van der Waals surface area (Å²) in [4.78, 5) is 75.4. The van der Waals surface area contributed by atoms with Crippen LogP contribution in [0.2, 0.25) is 0 Å². The molecule has 4 fully saturated rings. The zero-order valence-electron chi connectivity index (χ0n) is 56.5. The molecule has 0 unspecified atom stereocenters. The Labute approximate surface area is 562 Å². The molecule has 0 bridgehead atoms. The number of unbranched alkanes of at least 4 members (excludes halogenated alkanes) is 1. The Hall–Kier alpha value is -8.96. The minimum absolute atomic E-state index is 0.0495. The van der Waals surface area contributed by atoms with E-state index in [-0.39, 0.29) is 91.6 Å². The minimum Gasteiger partial charge on any atom is -0.497 e. The van der Waals surface area contributed by atoms with E-state index in [0.717, 1.165) is 83.2 Å². The van der Waals surface area contributed by atoms with Gasteiger partial charge in [-0.25, -0.2) is 0 Å². The Bertz CT molecular complexity index is 3380. The van der Waals surface area contributed by atoms with Crippen molar-refractivity contribution in [3.05, 3.63) is 162 Å². The first-order valence-corrected chi connectivity index (χ1v) is 32.8. The number of aryl methyl sites for hydroxylation is 1. The van der Waals surface area contributed by atoms with Crippen molar-refractivity contribution in [2.75, 3.05) is 100 Å². The number of likely N-dealkylation sites (N-methyl/N-ethyl adjacent to an activating group) is 3. The molecule has 22 heteroatoms. The summed E-state index contributed by atoms with van der Waals surface area (Å²) in [5.74, 6) is 0.00495. The van der Waals surface area contributed by atoms with Crippen LogP contribution in [-0.2, 0) is 30.4 Å². The molecule has 0 saturated carbocycles. The molecule has 514 valence electrons. The maximum Gasteiger partial charge on any atom is 0.308 e. The average Bonchev–Trinajstić information content (AvgIpc) is 1.82. The quantitative estimate of drug-likeness (QED) is 0.0554. The number of carboxylic acids is 4. The Morgan fingerprint density at radius 1 is 0.531 bits per heavy atom. The second-order valence-corrected chi connectivity index (χ2v) is 25.7. The van der Waals surface area contributed by atoms with Crippen molar-refractivity contribution in [3.8, 4) is 40.2 Å². The van der Waals surface area contributed by atoms with Gasteiger partial charge in [0, 0.05) is 86.8 Å². The molecule has 96 heavy (non-hydrogen) atoms. The number of pyridine rings is 1. The number of para-hydroxylation sites is 1. The molecule has 12 atom stereocenters. The predicted molar refractivity (Wildman–Crippen MR) is 361 cm³/mol. The van der Waals surface area contributed by atoms with E-state index in [9.17, 15) is 44.4 Å². The van der Waals surface area contributed by atoms with E-state index in [0.29, 0.717) is 48.9 Å². The summed E-state index contributed by atoms with van der Waals surface area (Å²) in [6.07, 6.45) is 6.29. The predicted octanol–water partition coefficient (Wildman–Crippen LogP) is 9.91. The largest absolute Gasteiger partial charge is 0.497 e. The van der Waals surface area contributed by atoms with Crippen LogP contribution in [0.15, 0.2) is 134 Å². The topological polar surface area (TPSA) is 260 Å². The summed E-state index contributed by atoms with van der Waals surface area (Å²) in [5.41, 5.74) is 5.77. The van der Waals surface area contributed by atoms with Gasteiger partial charge in [-0.3, -0.25) is 33.9 Å². The van der Waals surface area contributed by atoms with Crippen molar-refractivity contribution < 1.29 is 77.6 Å². The summed E-state index contributed by atoms with van der Waals surface area (Å²) in [5, 5.41) is 38.7. The number of carboxylic acid groups (broad SMARTS) is 4. The van der Waals surface area contributed by atoms with Crippen LogP contribution in [0.1, 0.15) is 98.4 Å². The number of anilines is 1. The lowest BCUT2D eigenvalue weighted by molar-refractivity contribution is -0.144. The number of hydrogen-bond acceptors (Lipinski definition) is 17. The van der Waals surface area contributed by atoms with Gasteiger partial charge >= 0.3 is 23.9 Å². The monoisotopic (exact) mass is 1320 g/mol. The van der Waals surface area contributed by atoms with Crippen molar-refractivity contribution >= 4 is 35.5 Å². The number of methoxy groups -OCH3 is 3. The highest BCUT2D eigenvalue weighted by Crippen LogP contribution is 2.45.